The summed E-state index contributed by atoms with van der Waals surface area (Å²) in [6.45, 7) is 0.661. The number of anilines is 1. The van der Waals surface area contributed by atoms with Gasteiger partial charge in [-0.25, -0.2) is 4.98 Å². The first-order chi connectivity index (χ1) is 9.25. The number of benzene rings is 1. The molecule has 1 aliphatic rings. The van der Waals surface area contributed by atoms with Gasteiger partial charge in [-0.15, -0.1) is 0 Å². The van der Waals surface area contributed by atoms with Crippen LogP contribution in [0, 0.1) is 3.57 Å². The fourth-order valence-corrected chi connectivity index (χ4v) is 2.59. The minimum atomic E-state index is -0.126. The summed E-state index contributed by atoms with van der Waals surface area (Å²) in [4.78, 5) is 18.3. The maximum absolute atomic E-state index is 11.6. The smallest absolute Gasteiger partial charge is 0.266 e. The Morgan fingerprint density at radius 1 is 1.42 bits per heavy atom. The molecule has 2 heterocycles. The highest BCUT2D eigenvalue weighted by molar-refractivity contribution is 14.1. The van der Waals surface area contributed by atoms with Gasteiger partial charge >= 0.3 is 0 Å². The number of rotatable bonds is 2. The second kappa shape index (κ2) is 5.20. The Balaban J connectivity index is 1.93. The molecule has 5 nitrogen and oxygen atoms in total. The maximum Gasteiger partial charge on any atom is 0.266 e. The van der Waals surface area contributed by atoms with Gasteiger partial charge in [-0.2, -0.15) is 0 Å². The molecular formula is C13H12IN3O2. The summed E-state index contributed by atoms with van der Waals surface area (Å²) in [5, 5.41) is 3.33. The summed E-state index contributed by atoms with van der Waals surface area (Å²) in [6, 6.07) is 8.05. The Morgan fingerprint density at radius 3 is 3.16 bits per heavy atom. The van der Waals surface area contributed by atoms with Crippen LogP contribution in [-0.2, 0) is 0 Å². The molecule has 1 aromatic carbocycles. The number of nitrogens with one attached hydrogen (secondary N) is 2. The van der Waals surface area contributed by atoms with E-state index in [1.807, 2.05) is 46.9 Å². The lowest BCUT2D eigenvalue weighted by atomic mass is 10.0. The molecule has 0 radical (unpaired) electrons. The number of aromatic amines is 1. The normalized spacial score (nSPS) is 17.4. The van der Waals surface area contributed by atoms with Crippen molar-refractivity contribution in [2.45, 2.75) is 12.5 Å². The lowest BCUT2D eigenvalue weighted by Gasteiger charge is -2.27. The third kappa shape index (κ3) is 2.44. The number of hydrogen-bond donors (Lipinski definition) is 2. The summed E-state index contributed by atoms with van der Waals surface area (Å²) in [6.07, 6.45) is 2.26. The Hall–Kier alpha value is -1.57. The van der Waals surface area contributed by atoms with Crippen molar-refractivity contribution in [3.05, 3.63) is 50.1 Å². The van der Waals surface area contributed by atoms with Crippen LogP contribution in [0.1, 0.15) is 18.0 Å². The van der Waals surface area contributed by atoms with E-state index >= 15 is 0 Å². The number of halogens is 1. The fourth-order valence-electron chi connectivity index (χ4n) is 2.14. The predicted octanol–water partition coefficient (Wildman–Crippen LogP) is 2.31. The lowest BCUT2D eigenvalue weighted by Crippen LogP contribution is -2.23. The molecule has 0 saturated carbocycles. The van der Waals surface area contributed by atoms with E-state index in [0.29, 0.717) is 16.0 Å². The molecule has 1 atom stereocenters. The van der Waals surface area contributed by atoms with Gasteiger partial charge in [0.1, 0.15) is 15.1 Å². The number of H-pyrrole nitrogens is 1. The molecule has 2 N–H and O–H groups in total. The standard InChI is InChI=1S/C13H12IN3O2/c14-11-12(15-7-16-13(11)18)17-9-5-6-19-10-4-2-1-3-8(9)10/h1-4,7,9H,5-6H2,(H2,15,16,17,18). The Labute approximate surface area is 123 Å². The molecule has 1 aromatic heterocycles. The van der Waals surface area contributed by atoms with Crippen LogP contribution >= 0.6 is 22.6 Å². The first-order valence-corrected chi connectivity index (χ1v) is 7.05. The van der Waals surface area contributed by atoms with Crippen LogP contribution in [-0.4, -0.2) is 16.6 Å². The van der Waals surface area contributed by atoms with Crippen LogP contribution in [0.4, 0.5) is 5.82 Å². The molecule has 1 aliphatic heterocycles. The highest BCUT2D eigenvalue weighted by Crippen LogP contribution is 2.33. The van der Waals surface area contributed by atoms with Crippen LogP contribution in [0.5, 0.6) is 5.75 Å². The van der Waals surface area contributed by atoms with E-state index in [1.165, 1.54) is 6.33 Å². The van der Waals surface area contributed by atoms with Gasteiger partial charge in [-0.1, -0.05) is 18.2 Å². The quantitative estimate of drug-likeness (QED) is 0.798. The van der Waals surface area contributed by atoms with Gasteiger partial charge < -0.3 is 15.0 Å². The third-order valence-electron chi connectivity index (χ3n) is 3.07. The van der Waals surface area contributed by atoms with Crippen molar-refractivity contribution in [2.24, 2.45) is 0 Å². The number of nitrogens with zero attached hydrogens (tertiary/aromatic N) is 1. The van der Waals surface area contributed by atoms with Gasteiger partial charge in [0.05, 0.1) is 19.0 Å². The first-order valence-electron chi connectivity index (χ1n) is 5.97. The fraction of sp³-hybridized carbons (Fsp3) is 0.231. The summed E-state index contributed by atoms with van der Waals surface area (Å²) in [5.41, 5.74) is 0.977. The molecule has 0 spiro atoms. The molecule has 0 aliphatic carbocycles. The summed E-state index contributed by atoms with van der Waals surface area (Å²) in [5.74, 6) is 1.51. The van der Waals surface area contributed by atoms with Crippen LogP contribution < -0.4 is 15.6 Å². The molecule has 0 fully saturated rings. The van der Waals surface area contributed by atoms with E-state index in [0.717, 1.165) is 17.7 Å². The van der Waals surface area contributed by atoms with Gasteiger partial charge in [0.25, 0.3) is 5.56 Å². The van der Waals surface area contributed by atoms with Gasteiger partial charge in [0, 0.05) is 12.0 Å². The van der Waals surface area contributed by atoms with E-state index in [-0.39, 0.29) is 11.6 Å². The zero-order valence-corrected chi connectivity index (χ0v) is 12.2. The van der Waals surface area contributed by atoms with Crippen molar-refractivity contribution >= 4 is 28.4 Å². The largest absolute Gasteiger partial charge is 0.493 e. The van der Waals surface area contributed by atoms with Gasteiger partial charge in [-0.05, 0) is 28.7 Å². The minimum absolute atomic E-state index is 0.118. The van der Waals surface area contributed by atoms with Crippen molar-refractivity contribution in [3.63, 3.8) is 0 Å². The summed E-state index contributed by atoms with van der Waals surface area (Å²) >= 11 is 2.00. The van der Waals surface area contributed by atoms with Crippen LogP contribution in [0.2, 0.25) is 0 Å². The number of para-hydroxylation sites is 1. The second-order valence-corrected chi connectivity index (χ2v) is 5.34. The van der Waals surface area contributed by atoms with Crippen LogP contribution in [0.3, 0.4) is 0 Å². The monoisotopic (exact) mass is 369 g/mol. The molecule has 1 unspecified atom stereocenters. The Morgan fingerprint density at radius 2 is 2.26 bits per heavy atom. The van der Waals surface area contributed by atoms with Crippen molar-refractivity contribution < 1.29 is 4.74 Å². The number of ether oxygens (including phenoxy) is 1. The highest BCUT2D eigenvalue weighted by Gasteiger charge is 2.22. The van der Waals surface area contributed by atoms with Crippen molar-refractivity contribution in [1.29, 1.82) is 0 Å². The molecule has 0 saturated heterocycles. The average Bonchev–Trinajstić information content (AvgIpc) is 2.44. The lowest BCUT2D eigenvalue weighted by molar-refractivity contribution is 0.274. The van der Waals surface area contributed by atoms with E-state index in [4.69, 9.17) is 4.74 Å². The van der Waals surface area contributed by atoms with Gasteiger partial charge in [-0.3, -0.25) is 4.79 Å². The number of hydrogen-bond acceptors (Lipinski definition) is 4. The molecule has 98 valence electrons. The summed E-state index contributed by atoms with van der Waals surface area (Å²) < 4.78 is 6.19. The van der Waals surface area contributed by atoms with E-state index in [2.05, 4.69) is 15.3 Å². The SMILES string of the molecule is O=c1[nH]cnc(NC2CCOc3ccccc32)c1I. The van der Waals surface area contributed by atoms with Gasteiger partial charge in [0.2, 0.25) is 0 Å². The predicted molar refractivity (Wildman–Crippen MR) is 80.5 cm³/mol. The molecule has 19 heavy (non-hydrogen) atoms. The Kier molecular flexibility index (Phi) is 3.41. The third-order valence-corrected chi connectivity index (χ3v) is 4.07. The van der Waals surface area contributed by atoms with E-state index in [1.54, 1.807) is 0 Å². The second-order valence-electron chi connectivity index (χ2n) is 4.27. The zero-order valence-electron chi connectivity index (χ0n) is 10.0. The van der Waals surface area contributed by atoms with E-state index in [9.17, 15) is 4.79 Å². The molecular weight excluding hydrogens is 357 g/mol. The molecule has 3 rings (SSSR count). The number of fused-ring (bicyclic) bond motifs is 1. The zero-order chi connectivity index (χ0) is 13.2. The number of aromatic nitrogens is 2. The molecule has 0 bridgehead atoms. The van der Waals surface area contributed by atoms with E-state index < -0.39 is 0 Å². The van der Waals surface area contributed by atoms with Crippen LogP contribution in [0.25, 0.3) is 0 Å². The minimum Gasteiger partial charge on any atom is -0.493 e. The Bertz CT molecular complexity index is 656. The molecule has 0 amide bonds. The maximum atomic E-state index is 11.6. The van der Waals surface area contributed by atoms with Crippen LogP contribution in [0.15, 0.2) is 35.4 Å². The molecule has 6 heteroatoms. The van der Waals surface area contributed by atoms with Gasteiger partial charge in [0.15, 0.2) is 0 Å². The summed E-state index contributed by atoms with van der Waals surface area (Å²) in [7, 11) is 0. The van der Waals surface area contributed by atoms with Crippen molar-refractivity contribution in [3.8, 4) is 5.75 Å². The molecule has 2 aromatic rings. The van der Waals surface area contributed by atoms with Crippen molar-refractivity contribution in [1.82, 2.24) is 9.97 Å². The first kappa shape index (κ1) is 12.5. The topological polar surface area (TPSA) is 67.0 Å². The van der Waals surface area contributed by atoms with Crippen molar-refractivity contribution in [2.75, 3.05) is 11.9 Å². The average molecular weight is 369 g/mol. The highest BCUT2D eigenvalue weighted by atomic mass is 127.